The summed E-state index contributed by atoms with van der Waals surface area (Å²) in [7, 11) is 0. The van der Waals surface area contributed by atoms with E-state index in [0.717, 1.165) is 55.0 Å². The van der Waals surface area contributed by atoms with Crippen LogP contribution in [0.1, 0.15) is 50.9 Å². The zero-order valence-electron chi connectivity index (χ0n) is 17.3. The van der Waals surface area contributed by atoms with Crippen molar-refractivity contribution in [2.75, 3.05) is 11.9 Å². The van der Waals surface area contributed by atoms with Gasteiger partial charge < -0.3 is 10.2 Å². The minimum absolute atomic E-state index is 0.0871. The summed E-state index contributed by atoms with van der Waals surface area (Å²) in [6, 6.07) is 15.7. The molecule has 6 nitrogen and oxygen atoms in total. The average molecular weight is 402 g/mol. The highest BCUT2D eigenvalue weighted by Gasteiger charge is 2.30. The number of likely N-dealkylation sites (tertiary alicyclic amines) is 1. The zero-order chi connectivity index (χ0) is 20.8. The molecular weight excluding hydrogens is 374 g/mol. The van der Waals surface area contributed by atoms with Crippen LogP contribution >= 0.6 is 0 Å². The third kappa shape index (κ3) is 4.64. The molecule has 0 aliphatic carbocycles. The molecule has 30 heavy (non-hydrogen) atoms. The monoisotopic (exact) mass is 401 g/mol. The third-order valence-electron chi connectivity index (χ3n) is 5.35. The smallest absolute Gasteiger partial charge is 0.223 e. The van der Waals surface area contributed by atoms with Gasteiger partial charge in [0.1, 0.15) is 5.82 Å². The highest BCUT2D eigenvalue weighted by Crippen LogP contribution is 2.32. The molecule has 1 aromatic carbocycles. The Morgan fingerprint density at radius 2 is 1.90 bits per heavy atom. The number of hydrogen-bond donors (Lipinski definition) is 1. The van der Waals surface area contributed by atoms with Crippen LogP contribution in [0.25, 0.3) is 11.3 Å². The van der Waals surface area contributed by atoms with Crippen molar-refractivity contribution < 1.29 is 4.79 Å². The summed E-state index contributed by atoms with van der Waals surface area (Å²) < 4.78 is 0. The van der Waals surface area contributed by atoms with Crippen LogP contribution in [-0.4, -0.2) is 32.3 Å². The van der Waals surface area contributed by atoms with E-state index in [1.165, 1.54) is 0 Å². The Kier molecular flexibility index (Phi) is 6.32. The second-order valence-electron chi connectivity index (χ2n) is 7.57. The maximum absolute atomic E-state index is 12.8. The molecule has 2 aromatic heterocycles. The Bertz CT molecular complexity index is 977. The van der Waals surface area contributed by atoms with Crippen molar-refractivity contribution in [3.05, 3.63) is 66.7 Å². The third-order valence-corrected chi connectivity index (χ3v) is 5.35. The largest absolute Gasteiger partial charge is 0.340 e. The summed E-state index contributed by atoms with van der Waals surface area (Å²) in [4.78, 5) is 28.6. The van der Waals surface area contributed by atoms with Gasteiger partial charge in [-0.1, -0.05) is 25.1 Å². The molecule has 1 amide bonds. The van der Waals surface area contributed by atoms with E-state index < -0.39 is 0 Å². The van der Waals surface area contributed by atoms with Crippen LogP contribution < -0.4 is 5.32 Å². The number of carbonyl (C=O) groups is 1. The molecule has 1 aliphatic heterocycles. The number of pyridine rings is 1. The second-order valence-corrected chi connectivity index (χ2v) is 7.57. The van der Waals surface area contributed by atoms with Gasteiger partial charge in [-0.25, -0.2) is 9.97 Å². The Hall–Kier alpha value is -3.28. The molecule has 0 spiro atoms. The SMILES string of the molecule is CCCC(=O)N1CCCC[C@@H]1c1nc(Nc2ccccc2)cc(-c2ccncc2)n1. The van der Waals surface area contributed by atoms with E-state index in [1.807, 2.05) is 60.4 Å². The summed E-state index contributed by atoms with van der Waals surface area (Å²) in [5.41, 5.74) is 2.77. The Morgan fingerprint density at radius 3 is 2.67 bits per heavy atom. The highest BCUT2D eigenvalue weighted by atomic mass is 16.2. The number of anilines is 2. The van der Waals surface area contributed by atoms with Crippen LogP contribution in [0.2, 0.25) is 0 Å². The lowest BCUT2D eigenvalue weighted by Gasteiger charge is -2.35. The fraction of sp³-hybridized carbons (Fsp3) is 0.333. The van der Waals surface area contributed by atoms with Crippen LogP contribution in [0, 0.1) is 0 Å². The molecule has 3 aromatic rings. The van der Waals surface area contributed by atoms with Crippen molar-refractivity contribution in [2.45, 2.75) is 45.1 Å². The summed E-state index contributed by atoms with van der Waals surface area (Å²) >= 11 is 0. The van der Waals surface area contributed by atoms with Crippen molar-refractivity contribution in [1.29, 1.82) is 0 Å². The molecule has 1 fully saturated rings. The van der Waals surface area contributed by atoms with Gasteiger partial charge in [0.25, 0.3) is 0 Å². The Balaban J connectivity index is 1.73. The predicted octanol–water partition coefficient (Wildman–Crippen LogP) is 5.14. The molecule has 3 heterocycles. The number of rotatable bonds is 6. The summed E-state index contributed by atoms with van der Waals surface area (Å²) in [6.45, 7) is 2.81. The minimum atomic E-state index is -0.0871. The molecule has 1 N–H and O–H groups in total. The van der Waals surface area contributed by atoms with Gasteiger partial charge in [0.05, 0.1) is 11.7 Å². The molecule has 1 aliphatic rings. The molecule has 0 unspecified atom stereocenters. The van der Waals surface area contributed by atoms with E-state index in [1.54, 1.807) is 12.4 Å². The van der Waals surface area contributed by atoms with Gasteiger partial charge in [-0.15, -0.1) is 0 Å². The number of piperidine rings is 1. The van der Waals surface area contributed by atoms with Crippen molar-refractivity contribution in [3.63, 3.8) is 0 Å². The van der Waals surface area contributed by atoms with Crippen molar-refractivity contribution in [2.24, 2.45) is 0 Å². The summed E-state index contributed by atoms with van der Waals surface area (Å²) in [5, 5.41) is 3.39. The molecule has 0 bridgehead atoms. The van der Waals surface area contributed by atoms with E-state index in [0.29, 0.717) is 12.2 Å². The number of nitrogens with one attached hydrogen (secondary N) is 1. The first-order valence-corrected chi connectivity index (χ1v) is 10.7. The van der Waals surface area contributed by atoms with Crippen LogP contribution in [0.15, 0.2) is 60.9 Å². The number of hydrogen-bond acceptors (Lipinski definition) is 5. The van der Waals surface area contributed by atoms with Crippen LogP contribution in [0.3, 0.4) is 0 Å². The topological polar surface area (TPSA) is 71.0 Å². The molecule has 0 radical (unpaired) electrons. The molecule has 1 saturated heterocycles. The number of carbonyl (C=O) groups excluding carboxylic acids is 1. The number of aromatic nitrogens is 3. The first-order valence-electron chi connectivity index (χ1n) is 10.7. The van der Waals surface area contributed by atoms with Gasteiger partial charge in [-0.3, -0.25) is 9.78 Å². The van der Waals surface area contributed by atoms with E-state index in [2.05, 4.69) is 10.3 Å². The van der Waals surface area contributed by atoms with Gasteiger partial charge >= 0.3 is 0 Å². The van der Waals surface area contributed by atoms with Crippen molar-refractivity contribution >= 4 is 17.4 Å². The molecule has 154 valence electrons. The summed E-state index contributed by atoms with van der Waals surface area (Å²) in [6.07, 6.45) is 7.94. The van der Waals surface area contributed by atoms with Crippen LogP contribution in [0.4, 0.5) is 11.5 Å². The maximum atomic E-state index is 12.8. The molecular formula is C24H27N5O. The quantitative estimate of drug-likeness (QED) is 0.619. The first-order chi connectivity index (χ1) is 14.7. The lowest BCUT2D eigenvalue weighted by molar-refractivity contribution is -0.135. The van der Waals surface area contributed by atoms with Crippen LogP contribution in [0.5, 0.6) is 0 Å². The van der Waals surface area contributed by atoms with Crippen LogP contribution in [-0.2, 0) is 4.79 Å². The van der Waals surface area contributed by atoms with Crippen molar-refractivity contribution in [3.8, 4) is 11.3 Å². The van der Waals surface area contributed by atoms with E-state index in [4.69, 9.17) is 9.97 Å². The first kappa shape index (κ1) is 20.0. The number of para-hydroxylation sites is 1. The number of amides is 1. The van der Waals surface area contributed by atoms with Crippen molar-refractivity contribution in [1.82, 2.24) is 19.9 Å². The second kappa shape index (κ2) is 9.48. The standard InChI is InChI=1S/C24H27N5O/c1-2-8-23(30)29-16-7-6-11-21(29)24-27-20(18-12-14-25-15-13-18)17-22(28-24)26-19-9-4-3-5-10-19/h3-5,9-10,12-15,17,21H,2,6-8,11,16H2,1H3,(H,26,27,28)/t21-/m1/s1. The fourth-order valence-electron chi connectivity index (χ4n) is 3.87. The molecule has 4 rings (SSSR count). The van der Waals surface area contributed by atoms with E-state index in [-0.39, 0.29) is 11.9 Å². The number of nitrogens with zero attached hydrogens (tertiary/aromatic N) is 4. The number of benzene rings is 1. The summed E-state index contributed by atoms with van der Waals surface area (Å²) in [5.74, 6) is 1.62. The van der Waals surface area contributed by atoms with Gasteiger partial charge in [-0.05, 0) is 49.9 Å². The van der Waals surface area contributed by atoms with Gasteiger partial charge in [0, 0.05) is 42.7 Å². The minimum Gasteiger partial charge on any atom is -0.340 e. The zero-order valence-corrected chi connectivity index (χ0v) is 17.3. The normalized spacial score (nSPS) is 16.3. The highest BCUT2D eigenvalue weighted by molar-refractivity contribution is 5.76. The molecule has 6 heteroatoms. The molecule has 1 atom stereocenters. The Morgan fingerprint density at radius 1 is 1.10 bits per heavy atom. The van der Waals surface area contributed by atoms with Gasteiger partial charge in [0.15, 0.2) is 5.82 Å². The maximum Gasteiger partial charge on any atom is 0.223 e. The predicted molar refractivity (Wildman–Crippen MR) is 118 cm³/mol. The fourth-order valence-corrected chi connectivity index (χ4v) is 3.87. The Labute approximate surface area is 177 Å². The lowest BCUT2D eigenvalue weighted by Crippen LogP contribution is -2.39. The van der Waals surface area contributed by atoms with E-state index in [9.17, 15) is 4.79 Å². The lowest BCUT2D eigenvalue weighted by atomic mass is 10.00. The van der Waals surface area contributed by atoms with Gasteiger partial charge in [-0.2, -0.15) is 0 Å². The average Bonchev–Trinajstić information content (AvgIpc) is 2.80. The van der Waals surface area contributed by atoms with E-state index >= 15 is 0 Å². The van der Waals surface area contributed by atoms with Gasteiger partial charge in [0.2, 0.25) is 5.91 Å². The molecule has 0 saturated carbocycles.